The zero-order valence-electron chi connectivity index (χ0n) is 14.2. The Labute approximate surface area is 151 Å². The highest BCUT2D eigenvalue weighted by Crippen LogP contribution is 2.38. The summed E-state index contributed by atoms with van der Waals surface area (Å²) in [5.74, 6) is 0.172. The fourth-order valence-corrected chi connectivity index (χ4v) is 4.24. The van der Waals surface area contributed by atoms with Crippen LogP contribution >= 0.6 is 11.3 Å². The number of amides is 1. The van der Waals surface area contributed by atoms with Crippen LogP contribution in [0.3, 0.4) is 0 Å². The summed E-state index contributed by atoms with van der Waals surface area (Å²) < 4.78 is 10.9. The molecule has 6 heteroatoms. The van der Waals surface area contributed by atoms with Crippen molar-refractivity contribution in [3.05, 3.63) is 46.3 Å². The van der Waals surface area contributed by atoms with Crippen LogP contribution in [0.5, 0.6) is 5.75 Å². The van der Waals surface area contributed by atoms with Crippen molar-refractivity contribution in [2.75, 3.05) is 18.5 Å². The second kappa shape index (κ2) is 8.16. The molecule has 0 saturated carbocycles. The summed E-state index contributed by atoms with van der Waals surface area (Å²) >= 11 is 1.49. The number of carbonyl (C=O) groups excluding carboxylic acids is 2. The fraction of sp³-hybridized carbons (Fsp3) is 0.368. The molecule has 1 aromatic carbocycles. The lowest BCUT2D eigenvalue weighted by Gasteiger charge is -2.13. The van der Waals surface area contributed by atoms with Gasteiger partial charge in [0, 0.05) is 11.8 Å². The Balaban J connectivity index is 1.64. The average molecular weight is 359 g/mol. The third-order valence-corrected chi connectivity index (χ3v) is 5.20. The molecule has 0 radical (unpaired) electrons. The molecular weight excluding hydrogens is 338 g/mol. The molecule has 132 valence electrons. The lowest BCUT2D eigenvalue weighted by Crippen LogP contribution is -2.16. The van der Waals surface area contributed by atoms with E-state index in [1.807, 2.05) is 30.3 Å². The van der Waals surface area contributed by atoms with Crippen molar-refractivity contribution in [2.24, 2.45) is 0 Å². The number of aryl methyl sites for hydroxylation is 1. The topological polar surface area (TPSA) is 64.6 Å². The average Bonchev–Trinajstić information content (AvgIpc) is 2.96. The maximum absolute atomic E-state index is 12.6. The number of para-hydroxylation sites is 1. The minimum Gasteiger partial charge on any atom is -0.490 e. The first-order valence-electron chi connectivity index (χ1n) is 8.42. The minimum atomic E-state index is -0.389. The molecule has 5 nitrogen and oxygen atoms in total. The number of ether oxygens (including phenoxy) is 2. The van der Waals surface area contributed by atoms with Gasteiger partial charge in [0.25, 0.3) is 0 Å². The molecule has 0 spiro atoms. The third-order valence-electron chi connectivity index (χ3n) is 3.99. The number of nitrogens with one attached hydrogen (secondary N) is 1. The van der Waals surface area contributed by atoms with Crippen LogP contribution < -0.4 is 10.1 Å². The lowest BCUT2D eigenvalue weighted by atomic mass is 9.95. The smallest absolute Gasteiger partial charge is 0.341 e. The predicted molar refractivity (Wildman–Crippen MR) is 97.5 cm³/mol. The summed E-state index contributed by atoms with van der Waals surface area (Å²) in [6.45, 7) is 1.90. The van der Waals surface area contributed by atoms with Crippen molar-refractivity contribution in [1.29, 1.82) is 0 Å². The Hall–Kier alpha value is -2.34. The van der Waals surface area contributed by atoms with E-state index in [4.69, 9.17) is 9.47 Å². The third kappa shape index (κ3) is 4.39. The van der Waals surface area contributed by atoms with Crippen molar-refractivity contribution in [2.45, 2.75) is 32.6 Å². The number of esters is 1. The molecule has 25 heavy (non-hydrogen) atoms. The van der Waals surface area contributed by atoms with E-state index in [2.05, 4.69) is 5.32 Å². The number of thiophene rings is 1. The van der Waals surface area contributed by atoms with E-state index in [0.29, 0.717) is 10.6 Å². The molecule has 1 heterocycles. The number of carbonyl (C=O) groups is 2. The molecule has 0 bridgehead atoms. The number of rotatable bonds is 6. The number of hydrogen-bond acceptors (Lipinski definition) is 5. The molecule has 1 aromatic heterocycles. The highest BCUT2D eigenvalue weighted by Gasteiger charge is 2.26. The Bertz CT molecular complexity index is 754. The SMILES string of the molecule is CC(=O)Nc1sc2c(c1C(=O)OCCOc1ccccc1)CCCC2. The van der Waals surface area contributed by atoms with Crippen molar-refractivity contribution in [3.8, 4) is 5.75 Å². The number of fused-ring (bicyclic) bond motifs is 1. The zero-order valence-corrected chi connectivity index (χ0v) is 15.0. The maximum Gasteiger partial charge on any atom is 0.341 e. The Morgan fingerprint density at radius 1 is 1.12 bits per heavy atom. The van der Waals surface area contributed by atoms with Gasteiger partial charge in [-0.05, 0) is 43.4 Å². The van der Waals surface area contributed by atoms with Gasteiger partial charge in [-0.3, -0.25) is 4.79 Å². The number of benzene rings is 1. The molecule has 0 fully saturated rings. The Morgan fingerprint density at radius 2 is 1.88 bits per heavy atom. The normalized spacial score (nSPS) is 13.0. The van der Waals surface area contributed by atoms with E-state index in [-0.39, 0.29) is 25.1 Å². The van der Waals surface area contributed by atoms with Crippen LogP contribution in [0.1, 0.15) is 40.6 Å². The Kier molecular flexibility index (Phi) is 5.71. The van der Waals surface area contributed by atoms with E-state index in [0.717, 1.165) is 37.0 Å². The van der Waals surface area contributed by atoms with E-state index in [1.165, 1.54) is 23.1 Å². The molecule has 0 atom stereocenters. The summed E-state index contributed by atoms with van der Waals surface area (Å²) in [4.78, 5) is 25.2. The van der Waals surface area contributed by atoms with Gasteiger partial charge in [-0.2, -0.15) is 0 Å². The molecule has 1 aliphatic rings. The maximum atomic E-state index is 12.6. The summed E-state index contributed by atoms with van der Waals surface area (Å²) in [5.41, 5.74) is 1.56. The summed E-state index contributed by atoms with van der Waals surface area (Å²) in [6, 6.07) is 9.39. The standard InChI is InChI=1S/C19H21NO4S/c1-13(21)20-18-17(15-9-5-6-10-16(15)25-18)19(22)24-12-11-23-14-7-3-2-4-8-14/h2-4,7-8H,5-6,9-12H2,1H3,(H,20,21). The minimum absolute atomic E-state index is 0.165. The number of hydrogen-bond donors (Lipinski definition) is 1. The summed E-state index contributed by atoms with van der Waals surface area (Å²) in [5, 5.41) is 3.38. The van der Waals surface area contributed by atoms with Gasteiger partial charge in [0.2, 0.25) is 5.91 Å². The summed E-state index contributed by atoms with van der Waals surface area (Å²) in [6.07, 6.45) is 3.99. The van der Waals surface area contributed by atoms with Gasteiger partial charge in [0.05, 0.1) is 5.56 Å². The molecule has 1 aliphatic carbocycles. The predicted octanol–water partition coefficient (Wildman–Crippen LogP) is 3.82. The Morgan fingerprint density at radius 3 is 2.64 bits per heavy atom. The van der Waals surface area contributed by atoms with Crippen LogP contribution in [-0.2, 0) is 22.4 Å². The summed E-state index contributed by atoms with van der Waals surface area (Å²) in [7, 11) is 0. The molecule has 1 N–H and O–H groups in total. The molecule has 2 aromatic rings. The van der Waals surface area contributed by atoms with Gasteiger partial charge < -0.3 is 14.8 Å². The van der Waals surface area contributed by atoms with Gasteiger partial charge in [0.1, 0.15) is 24.0 Å². The van der Waals surface area contributed by atoms with Crippen molar-refractivity contribution < 1.29 is 19.1 Å². The van der Waals surface area contributed by atoms with E-state index in [9.17, 15) is 9.59 Å². The highest BCUT2D eigenvalue weighted by molar-refractivity contribution is 7.17. The van der Waals surface area contributed by atoms with Crippen molar-refractivity contribution in [3.63, 3.8) is 0 Å². The van der Waals surface area contributed by atoms with Gasteiger partial charge in [-0.25, -0.2) is 4.79 Å². The van der Waals surface area contributed by atoms with Crippen LogP contribution in [-0.4, -0.2) is 25.1 Å². The van der Waals surface area contributed by atoms with E-state index >= 15 is 0 Å². The zero-order chi connectivity index (χ0) is 17.6. The molecule has 0 unspecified atom stereocenters. The molecular formula is C19H21NO4S. The molecule has 0 aliphatic heterocycles. The second-order valence-corrected chi connectivity index (χ2v) is 7.00. The highest BCUT2D eigenvalue weighted by atomic mass is 32.1. The first-order chi connectivity index (χ1) is 12.1. The fourth-order valence-electron chi connectivity index (χ4n) is 2.91. The van der Waals surface area contributed by atoms with E-state index in [1.54, 1.807) is 0 Å². The second-order valence-electron chi connectivity index (χ2n) is 5.89. The van der Waals surface area contributed by atoms with Crippen LogP contribution in [0, 0.1) is 0 Å². The molecule has 0 saturated heterocycles. The lowest BCUT2D eigenvalue weighted by molar-refractivity contribution is -0.114. The molecule has 1 amide bonds. The van der Waals surface area contributed by atoms with Gasteiger partial charge in [-0.1, -0.05) is 18.2 Å². The van der Waals surface area contributed by atoms with Gasteiger partial charge in [-0.15, -0.1) is 11.3 Å². The van der Waals surface area contributed by atoms with Crippen LogP contribution in [0.4, 0.5) is 5.00 Å². The van der Waals surface area contributed by atoms with Gasteiger partial charge in [0.15, 0.2) is 0 Å². The monoisotopic (exact) mass is 359 g/mol. The first kappa shape index (κ1) is 17.5. The largest absolute Gasteiger partial charge is 0.490 e. The number of anilines is 1. The van der Waals surface area contributed by atoms with E-state index < -0.39 is 0 Å². The first-order valence-corrected chi connectivity index (χ1v) is 9.24. The quantitative estimate of drug-likeness (QED) is 0.629. The van der Waals surface area contributed by atoms with Gasteiger partial charge >= 0.3 is 5.97 Å². The van der Waals surface area contributed by atoms with Crippen LogP contribution in [0.15, 0.2) is 30.3 Å². The van der Waals surface area contributed by atoms with Crippen LogP contribution in [0.25, 0.3) is 0 Å². The van der Waals surface area contributed by atoms with Crippen molar-refractivity contribution in [1.82, 2.24) is 0 Å². The van der Waals surface area contributed by atoms with Crippen LogP contribution in [0.2, 0.25) is 0 Å². The van der Waals surface area contributed by atoms with Crippen molar-refractivity contribution >= 4 is 28.2 Å². The molecule has 3 rings (SSSR count).